The van der Waals surface area contributed by atoms with Gasteiger partial charge in [0.15, 0.2) is 6.10 Å². The molecule has 4 nitrogen and oxygen atoms in total. The molecule has 0 radical (unpaired) electrons. The van der Waals surface area contributed by atoms with E-state index in [2.05, 4.69) is 13.8 Å². The number of benzene rings is 1. The first-order chi connectivity index (χ1) is 9.04. The monoisotopic (exact) mass is 262 g/mol. The Hall–Kier alpha value is -1.71. The predicted molar refractivity (Wildman–Crippen MR) is 77.4 cm³/mol. The number of rotatable bonds is 4. The van der Waals surface area contributed by atoms with Gasteiger partial charge < -0.3 is 15.4 Å². The summed E-state index contributed by atoms with van der Waals surface area (Å²) in [5.41, 5.74) is 7.35. The largest absolute Gasteiger partial charge is 0.478 e. The Morgan fingerprint density at radius 1 is 1.42 bits per heavy atom. The molecule has 0 aromatic heterocycles. The van der Waals surface area contributed by atoms with E-state index in [9.17, 15) is 4.79 Å². The molecule has 2 rings (SSSR count). The van der Waals surface area contributed by atoms with Gasteiger partial charge in [-0.15, -0.1) is 0 Å². The van der Waals surface area contributed by atoms with Crippen molar-refractivity contribution in [3.8, 4) is 5.75 Å². The summed E-state index contributed by atoms with van der Waals surface area (Å²) < 4.78 is 5.74. The molecule has 1 heterocycles. The maximum atomic E-state index is 12.4. The normalized spacial score (nSPS) is 18.4. The molecule has 2 N–H and O–H groups in total. The molecular formula is C15H22N2O2. The van der Waals surface area contributed by atoms with Crippen molar-refractivity contribution in [1.82, 2.24) is 0 Å². The first-order valence-electron chi connectivity index (χ1n) is 6.91. The van der Waals surface area contributed by atoms with Gasteiger partial charge in [-0.25, -0.2) is 0 Å². The molecule has 0 bridgehead atoms. The highest BCUT2D eigenvalue weighted by Crippen LogP contribution is 2.39. The number of carbonyl (C=O) groups is 1. The number of nitrogens with zero attached hydrogens (tertiary/aromatic N) is 1. The molecule has 1 amide bonds. The summed E-state index contributed by atoms with van der Waals surface area (Å²) in [4.78, 5) is 14.2. The predicted octanol–water partition coefficient (Wildman–Crippen LogP) is 2.82. The van der Waals surface area contributed by atoms with E-state index in [-0.39, 0.29) is 12.0 Å². The second-order valence-electron chi connectivity index (χ2n) is 5.38. The molecule has 1 aromatic rings. The Kier molecular flexibility index (Phi) is 3.98. The Morgan fingerprint density at radius 2 is 2.16 bits per heavy atom. The maximum Gasteiger partial charge on any atom is 0.268 e. The quantitative estimate of drug-likeness (QED) is 0.849. The third-order valence-electron chi connectivity index (χ3n) is 3.41. The number of nitrogen functional groups attached to an aromatic ring is 1. The zero-order valence-corrected chi connectivity index (χ0v) is 11.8. The van der Waals surface area contributed by atoms with Crippen LogP contribution in [0.25, 0.3) is 0 Å². The molecule has 1 aromatic carbocycles. The molecule has 0 saturated heterocycles. The van der Waals surface area contributed by atoms with E-state index < -0.39 is 0 Å². The fraction of sp³-hybridized carbons (Fsp3) is 0.533. The van der Waals surface area contributed by atoms with Gasteiger partial charge in [-0.05, 0) is 30.9 Å². The molecule has 1 aliphatic rings. The lowest BCUT2D eigenvalue weighted by atomic mass is 10.1. The van der Waals surface area contributed by atoms with E-state index in [1.165, 1.54) is 0 Å². The van der Waals surface area contributed by atoms with Gasteiger partial charge in [0.25, 0.3) is 5.91 Å². The smallest absolute Gasteiger partial charge is 0.268 e. The van der Waals surface area contributed by atoms with Gasteiger partial charge in [0, 0.05) is 6.54 Å². The summed E-state index contributed by atoms with van der Waals surface area (Å²) in [6.07, 6.45) is 1.24. The molecule has 0 spiro atoms. The Bertz CT molecular complexity index is 471. The van der Waals surface area contributed by atoms with Gasteiger partial charge >= 0.3 is 0 Å². The highest BCUT2D eigenvalue weighted by molar-refractivity contribution is 6.02. The van der Waals surface area contributed by atoms with Crippen LogP contribution in [-0.2, 0) is 4.79 Å². The second kappa shape index (κ2) is 5.51. The van der Waals surface area contributed by atoms with Crippen molar-refractivity contribution in [2.45, 2.75) is 39.7 Å². The fourth-order valence-corrected chi connectivity index (χ4v) is 2.28. The molecule has 0 fully saturated rings. The summed E-state index contributed by atoms with van der Waals surface area (Å²) >= 11 is 0. The third-order valence-corrected chi connectivity index (χ3v) is 3.41. The third kappa shape index (κ3) is 2.67. The van der Waals surface area contributed by atoms with Crippen LogP contribution in [0.1, 0.15) is 33.6 Å². The zero-order valence-electron chi connectivity index (χ0n) is 11.8. The summed E-state index contributed by atoms with van der Waals surface area (Å²) in [5.74, 6) is 1.29. The van der Waals surface area contributed by atoms with E-state index in [0.717, 1.165) is 17.9 Å². The molecule has 1 unspecified atom stereocenters. The highest BCUT2D eigenvalue weighted by Gasteiger charge is 2.34. The van der Waals surface area contributed by atoms with Gasteiger partial charge in [-0.3, -0.25) is 4.79 Å². The number of carbonyl (C=O) groups excluding carboxylic acids is 1. The second-order valence-corrected chi connectivity index (χ2v) is 5.38. The number of fused-ring (bicyclic) bond motifs is 1. The van der Waals surface area contributed by atoms with Crippen molar-refractivity contribution in [3.63, 3.8) is 0 Å². The van der Waals surface area contributed by atoms with E-state index >= 15 is 0 Å². The summed E-state index contributed by atoms with van der Waals surface area (Å²) in [6, 6.07) is 5.55. The lowest BCUT2D eigenvalue weighted by Gasteiger charge is -2.35. The average Bonchev–Trinajstić information content (AvgIpc) is 2.37. The van der Waals surface area contributed by atoms with Crippen LogP contribution in [0, 0.1) is 5.92 Å². The van der Waals surface area contributed by atoms with Crippen molar-refractivity contribution in [3.05, 3.63) is 18.2 Å². The van der Waals surface area contributed by atoms with Crippen LogP contribution in [0.2, 0.25) is 0 Å². The number of amides is 1. The van der Waals surface area contributed by atoms with E-state index in [0.29, 0.717) is 24.6 Å². The molecule has 1 atom stereocenters. The number of para-hydroxylation sites is 1. The van der Waals surface area contributed by atoms with E-state index in [1.807, 2.05) is 25.1 Å². The van der Waals surface area contributed by atoms with Crippen molar-refractivity contribution < 1.29 is 9.53 Å². The number of nitrogens with two attached hydrogens (primary N) is 1. The minimum atomic E-state index is -0.388. The van der Waals surface area contributed by atoms with Crippen LogP contribution in [-0.4, -0.2) is 18.6 Å². The SMILES string of the molecule is CCC1Oc2cccc(N)c2N(CCC(C)C)C1=O. The molecule has 0 saturated carbocycles. The Balaban J connectivity index is 2.36. The van der Waals surface area contributed by atoms with Crippen LogP contribution < -0.4 is 15.4 Å². The standard InChI is InChI=1S/C15H22N2O2/c1-4-12-15(18)17(9-8-10(2)3)14-11(16)6-5-7-13(14)19-12/h5-7,10,12H,4,8-9,16H2,1-3H3. The molecule has 4 heteroatoms. The van der Waals surface area contributed by atoms with Crippen LogP contribution in [0.5, 0.6) is 5.75 Å². The van der Waals surface area contributed by atoms with Crippen molar-refractivity contribution in [1.29, 1.82) is 0 Å². The lowest BCUT2D eigenvalue weighted by Crippen LogP contribution is -2.46. The Morgan fingerprint density at radius 3 is 2.79 bits per heavy atom. The minimum Gasteiger partial charge on any atom is -0.478 e. The first kappa shape index (κ1) is 13.7. The van der Waals surface area contributed by atoms with Gasteiger partial charge in [-0.2, -0.15) is 0 Å². The summed E-state index contributed by atoms with van der Waals surface area (Å²) in [6.45, 7) is 6.95. The van der Waals surface area contributed by atoms with Crippen LogP contribution in [0.15, 0.2) is 18.2 Å². The van der Waals surface area contributed by atoms with Crippen LogP contribution in [0.4, 0.5) is 11.4 Å². The van der Waals surface area contributed by atoms with Crippen molar-refractivity contribution in [2.75, 3.05) is 17.2 Å². The molecule has 104 valence electrons. The molecule has 1 aliphatic heterocycles. The molecule has 0 aliphatic carbocycles. The zero-order chi connectivity index (χ0) is 14.0. The van der Waals surface area contributed by atoms with Crippen molar-refractivity contribution >= 4 is 17.3 Å². The van der Waals surface area contributed by atoms with Gasteiger partial charge in [0.2, 0.25) is 0 Å². The van der Waals surface area contributed by atoms with E-state index in [4.69, 9.17) is 10.5 Å². The Labute approximate surface area is 114 Å². The molecule has 19 heavy (non-hydrogen) atoms. The summed E-state index contributed by atoms with van der Waals surface area (Å²) in [7, 11) is 0. The average molecular weight is 262 g/mol. The maximum absolute atomic E-state index is 12.4. The van der Waals surface area contributed by atoms with Crippen LogP contribution in [0.3, 0.4) is 0 Å². The minimum absolute atomic E-state index is 0.0218. The first-order valence-corrected chi connectivity index (χ1v) is 6.91. The number of hydrogen-bond donors (Lipinski definition) is 1. The highest BCUT2D eigenvalue weighted by atomic mass is 16.5. The number of hydrogen-bond acceptors (Lipinski definition) is 3. The topological polar surface area (TPSA) is 55.6 Å². The lowest BCUT2D eigenvalue weighted by molar-refractivity contribution is -0.126. The fourth-order valence-electron chi connectivity index (χ4n) is 2.28. The van der Waals surface area contributed by atoms with Gasteiger partial charge in [0.05, 0.1) is 5.69 Å². The van der Waals surface area contributed by atoms with Crippen LogP contribution >= 0.6 is 0 Å². The van der Waals surface area contributed by atoms with Crippen molar-refractivity contribution in [2.24, 2.45) is 5.92 Å². The number of anilines is 2. The van der Waals surface area contributed by atoms with Gasteiger partial charge in [0.1, 0.15) is 11.4 Å². The molecular weight excluding hydrogens is 240 g/mol. The van der Waals surface area contributed by atoms with E-state index in [1.54, 1.807) is 4.90 Å². The summed E-state index contributed by atoms with van der Waals surface area (Å²) in [5, 5.41) is 0. The van der Waals surface area contributed by atoms with Gasteiger partial charge in [-0.1, -0.05) is 26.8 Å². The number of ether oxygens (including phenoxy) is 1.